The quantitative estimate of drug-likeness (QED) is 0.797. The number of rotatable bonds is 7. The lowest BCUT2D eigenvalue weighted by Crippen LogP contribution is -2.42. The van der Waals surface area contributed by atoms with Crippen molar-refractivity contribution in [3.8, 4) is 5.75 Å². The van der Waals surface area contributed by atoms with E-state index in [0.29, 0.717) is 6.54 Å². The maximum Gasteiger partial charge on any atom is 0.165 e. The number of nitrogens with one attached hydrogen (secondary N) is 1. The summed E-state index contributed by atoms with van der Waals surface area (Å²) in [5.74, 6) is -0.0846. The zero-order chi connectivity index (χ0) is 18.4. The molecule has 0 spiro atoms. The Kier molecular flexibility index (Phi) is 6.86. The third-order valence-electron chi connectivity index (χ3n) is 4.63. The smallest absolute Gasteiger partial charge is 0.165 e. The monoisotopic (exact) mass is 378 g/mol. The van der Waals surface area contributed by atoms with Gasteiger partial charge in [0.1, 0.15) is 0 Å². The van der Waals surface area contributed by atoms with Gasteiger partial charge >= 0.3 is 0 Å². The molecule has 1 aliphatic heterocycles. The van der Waals surface area contributed by atoms with Gasteiger partial charge in [0.15, 0.2) is 11.6 Å². The predicted octanol–water partition coefficient (Wildman–Crippen LogP) is 3.65. The van der Waals surface area contributed by atoms with E-state index in [0.717, 1.165) is 49.0 Å². The second-order valence-corrected chi connectivity index (χ2v) is 6.69. The summed E-state index contributed by atoms with van der Waals surface area (Å²) in [6.07, 6.45) is 0. The highest BCUT2D eigenvalue weighted by molar-refractivity contribution is 6.31. The number of morpholine rings is 1. The Bertz CT molecular complexity index is 723. The molecule has 6 heteroatoms. The van der Waals surface area contributed by atoms with Crippen LogP contribution in [0.2, 0.25) is 5.02 Å². The lowest BCUT2D eigenvalue weighted by atomic mass is 10.0. The fourth-order valence-electron chi connectivity index (χ4n) is 3.24. The molecule has 0 saturated carbocycles. The van der Waals surface area contributed by atoms with Crippen LogP contribution in [-0.2, 0) is 11.3 Å². The number of nitrogens with zero attached hydrogens (tertiary/aromatic N) is 1. The number of benzene rings is 2. The average Bonchev–Trinajstić information content (AvgIpc) is 2.67. The molecule has 1 heterocycles. The van der Waals surface area contributed by atoms with Crippen molar-refractivity contribution in [3.63, 3.8) is 0 Å². The van der Waals surface area contributed by atoms with Gasteiger partial charge in [-0.25, -0.2) is 4.39 Å². The van der Waals surface area contributed by atoms with Crippen LogP contribution in [0.3, 0.4) is 0 Å². The van der Waals surface area contributed by atoms with Crippen LogP contribution in [-0.4, -0.2) is 44.9 Å². The molecule has 0 aromatic heterocycles. The Morgan fingerprint density at radius 3 is 2.69 bits per heavy atom. The Balaban J connectivity index is 1.68. The summed E-state index contributed by atoms with van der Waals surface area (Å²) in [5.41, 5.74) is 1.98. The summed E-state index contributed by atoms with van der Waals surface area (Å²) in [6, 6.07) is 13.1. The molecule has 0 amide bonds. The normalized spacial score (nSPS) is 16.4. The van der Waals surface area contributed by atoms with Gasteiger partial charge in [-0.2, -0.15) is 0 Å². The van der Waals surface area contributed by atoms with Gasteiger partial charge in [0.25, 0.3) is 0 Å². The van der Waals surface area contributed by atoms with E-state index in [1.807, 2.05) is 24.3 Å². The predicted molar refractivity (Wildman–Crippen MR) is 101 cm³/mol. The second kappa shape index (κ2) is 9.33. The van der Waals surface area contributed by atoms with E-state index in [4.69, 9.17) is 21.1 Å². The van der Waals surface area contributed by atoms with Crippen molar-refractivity contribution >= 4 is 11.6 Å². The van der Waals surface area contributed by atoms with Gasteiger partial charge in [-0.15, -0.1) is 0 Å². The largest absolute Gasteiger partial charge is 0.494 e. The molecule has 140 valence electrons. The van der Waals surface area contributed by atoms with Gasteiger partial charge in [0, 0.05) is 37.2 Å². The number of ether oxygens (including phenoxy) is 2. The van der Waals surface area contributed by atoms with E-state index in [2.05, 4.69) is 16.3 Å². The molecule has 4 nitrogen and oxygen atoms in total. The summed E-state index contributed by atoms with van der Waals surface area (Å²) in [6.45, 7) is 4.49. The van der Waals surface area contributed by atoms with E-state index in [9.17, 15) is 4.39 Å². The average molecular weight is 379 g/mol. The molecule has 1 N–H and O–H groups in total. The number of halogens is 2. The summed E-state index contributed by atoms with van der Waals surface area (Å²) in [7, 11) is 1.47. The van der Waals surface area contributed by atoms with Gasteiger partial charge in [0.2, 0.25) is 0 Å². The van der Waals surface area contributed by atoms with Gasteiger partial charge in [-0.1, -0.05) is 35.9 Å². The minimum atomic E-state index is -0.345. The van der Waals surface area contributed by atoms with E-state index < -0.39 is 0 Å². The van der Waals surface area contributed by atoms with Gasteiger partial charge in [-0.05, 0) is 29.3 Å². The van der Waals surface area contributed by atoms with Crippen molar-refractivity contribution < 1.29 is 13.9 Å². The van der Waals surface area contributed by atoms with E-state index >= 15 is 0 Å². The first-order valence-corrected chi connectivity index (χ1v) is 9.16. The molecule has 1 aliphatic rings. The van der Waals surface area contributed by atoms with E-state index in [1.165, 1.54) is 13.2 Å². The van der Waals surface area contributed by atoms with Crippen LogP contribution >= 0.6 is 11.6 Å². The summed E-state index contributed by atoms with van der Waals surface area (Å²) >= 11 is 6.44. The van der Waals surface area contributed by atoms with Gasteiger partial charge in [-0.3, -0.25) is 4.90 Å². The van der Waals surface area contributed by atoms with E-state index in [-0.39, 0.29) is 17.6 Å². The van der Waals surface area contributed by atoms with Crippen molar-refractivity contribution in [2.75, 3.05) is 40.0 Å². The molecule has 1 saturated heterocycles. The fraction of sp³-hybridized carbons (Fsp3) is 0.400. The van der Waals surface area contributed by atoms with Crippen LogP contribution in [0.5, 0.6) is 5.75 Å². The summed E-state index contributed by atoms with van der Waals surface area (Å²) in [5, 5.41) is 4.21. The molecule has 2 aromatic carbocycles. The molecule has 2 aromatic rings. The van der Waals surface area contributed by atoms with Crippen LogP contribution in [0.1, 0.15) is 17.2 Å². The Labute approximate surface area is 158 Å². The number of hydrogen-bond donors (Lipinski definition) is 1. The van der Waals surface area contributed by atoms with Gasteiger partial charge in [0.05, 0.1) is 20.3 Å². The molecular formula is C20H24ClFN2O2. The lowest BCUT2D eigenvalue weighted by Gasteiger charge is -2.35. The molecule has 0 aliphatic carbocycles. The van der Waals surface area contributed by atoms with E-state index in [1.54, 1.807) is 6.07 Å². The Morgan fingerprint density at radius 2 is 2.00 bits per heavy atom. The molecule has 1 atom stereocenters. The maximum atomic E-state index is 13.9. The topological polar surface area (TPSA) is 33.7 Å². The van der Waals surface area contributed by atoms with Crippen molar-refractivity contribution in [3.05, 3.63) is 64.4 Å². The summed E-state index contributed by atoms with van der Waals surface area (Å²) < 4.78 is 24.3. The van der Waals surface area contributed by atoms with Crippen molar-refractivity contribution in [1.82, 2.24) is 10.2 Å². The first-order chi connectivity index (χ1) is 12.7. The third kappa shape index (κ3) is 4.74. The molecule has 3 rings (SSSR count). The number of methoxy groups -OCH3 is 1. The molecule has 0 bridgehead atoms. The first-order valence-electron chi connectivity index (χ1n) is 8.78. The fourth-order valence-corrected chi connectivity index (χ4v) is 3.50. The zero-order valence-corrected chi connectivity index (χ0v) is 15.6. The maximum absolute atomic E-state index is 13.9. The molecule has 1 unspecified atom stereocenters. The van der Waals surface area contributed by atoms with Crippen LogP contribution in [0, 0.1) is 5.82 Å². The highest BCUT2D eigenvalue weighted by atomic mass is 35.5. The molecule has 26 heavy (non-hydrogen) atoms. The molecule has 0 radical (unpaired) electrons. The molecular weight excluding hydrogens is 355 g/mol. The highest BCUT2D eigenvalue weighted by Gasteiger charge is 2.24. The Hall–Kier alpha value is -1.66. The minimum absolute atomic E-state index is 0.149. The van der Waals surface area contributed by atoms with Crippen molar-refractivity contribution in [2.24, 2.45) is 0 Å². The second-order valence-electron chi connectivity index (χ2n) is 6.29. The highest BCUT2D eigenvalue weighted by Crippen LogP contribution is 2.28. The van der Waals surface area contributed by atoms with Crippen LogP contribution in [0.25, 0.3) is 0 Å². The summed E-state index contributed by atoms with van der Waals surface area (Å²) in [4.78, 5) is 2.38. The van der Waals surface area contributed by atoms with Crippen molar-refractivity contribution in [2.45, 2.75) is 12.6 Å². The SMILES string of the molecule is COc1ccc(CNCC(c2ccccc2Cl)N2CCOCC2)cc1F. The minimum Gasteiger partial charge on any atom is -0.494 e. The van der Waals surface area contributed by atoms with Crippen molar-refractivity contribution in [1.29, 1.82) is 0 Å². The standard InChI is InChI=1S/C20H24ClFN2O2/c1-25-20-7-6-15(12-18(20)22)13-23-14-19(24-8-10-26-11-9-24)16-4-2-3-5-17(16)21/h2-7,12,19,23H,8-11,13-14H2,1H3. The number of hydrogen-bond acceptors (Lipinski definition) is 4. The van der Waals surface area contributed by atoms with Crippen LogP contribution < -0.4 is 10.1 Å². The lowest BCUT2D eigenvalue weighted by molar-refractivity contribution is 0.0161. The molecule has 1 fully saturated rings. The van der Waals surface area contributed by atoms with Crippen LogP contribution in [0.4, 0.5) is 4.39 Å². The van der Waals surface area contributed by atoms with Crippen LogP contribution in [0.15, 0.2) is 42.5 Å². The Morgan fingerprint density at radius 1 is 1.23 bits per heavy atom. The zero-order valence-electron chi connectivity index (χ0n) is 14.9. The third-order valence-corrected chi connectivity index (χ3v) is 4.98. The first kappa shape index (κ1) is 19.1. The van der Waals surface area contributed by atoms with Gasteiger partial charge < -0.3 is 14.8 Å².